The van der Waals surface area contributed by atoms with E-state index in [2.05, 4.69) is 15.3 Å². The van der Waals surface area contributed by atoms with E-state index in [9.17, 15) is 10.1 Å². The van der Waals surface area contributed by atoms with Gasteiger partial charge in [-0.05, 0) is 24.3 Å². The van der Waals surface area contributed by atoms with Crippen molar-refractivity contribution >= 4 is 29.1 Å². The van der Waals surface area contributed by atoms with Gasteiger partial charge in [0.1, 0.15) is 12.4 Å². The Morgan fingerprint density at radius 2 is 2.04 bits per heavy atom. The SMILES string of the molecule is Cn1c(SCn2cc([N+](=O)[O-])cn2)nnc1-c1ccc(Cl)cc1. The molecule has 2 aromatic heterocycles. The first kappa shape index (κ1) is 15.5. The van der Waals surface area contributed by atoms with E-state index in [1.165, 1.54) is 28.8 Å². The summed E-state index contributed by atoms with van der Waals surface area (Å²) in [6.07, 6.45) is 2.60. The van der Waals surface area contributed by atoms with Gasteiger partial charge in [0.05, 0.1) is 10.8 Å². The number of nitro groups is 1. The van der Waals surface area contributed by atoms with Crippen molar-refractivity contribution in [3.05, 3.63) is 51.8 Å². The molecule has 0 saturated heterocycles. The van der Waals surface area contributed by atoms with Gasteiger partial charge in [0.25, 0.3) is 0 Å². The zero-order valence-electron chi connectivity index (χ0n) is 12.0. The van der Waals surface area contributed by atoms with E-state index in [0.29, 0.717) is 16.1 Å². The lowest BCUT2D eigenvalue weighted by Gasteiger charge is -2.04. The van der Waals surface area contributed by atoms with Gasteiger partial charge in [-0.25, -0.2) is 0 Å². The fourth-order valence-electron chi connectivity index (χ4n) is 1.93. The summed E-state index contributed by atoms with van der Waals surface area (Å²) in [7, 11) is 1.86. The lowest BCUT2D eigenvalue weighted by atomic mass is 10.2. The molecule has 0 aliphatic rings. The third-order valence-corrected chi connectivity index (χ3v) is 4.35. The summed E-state index contributed by atoms with van der Waals surface area (Å²) in [5, 5.41) is 24.2. The fourth-order valence-corrected chi connectivity index (χ4v) is 2.83. The third-order valence-electron chi connectivity index (χ3n) is 3.09. The normalized spacial score (nSPS) is 10.9. The zero-order chi connectivity index (χ0) is 16.4. The molecule has 3 rings (SSSR count). The maximum Gasteiger partial charge on any atom is 0.307 e. The van der Waals surface area contributed by atoms with Gasteiger partial charge in [-0.2, -0.15) is 5.10 Å². The van der Waals surface area contributed by atoms with Crippen LogP contribution in [0.3, 0.4) is 0 Å². The molecular formula is C13H11ClN6O2S. The van der Waals surface area contributed by atoms with Gasteiger partial charge in [-0.1, -0.05) is 23.4 Å². The van der Waals surface area contributed by atoms with Gasteiger partial charge < -0.3 is 4.57 Å². The fraction of sp³-hybridized carbons (Fsp3) is 0.154. The summed E-state index contributed by atoms with van der Waals surface area (Å²) in [5.41, 5.74) is 0.872. The molecule has 1 aromatic carbocycles. The molecule has 0 bridgehead atoms. The van der Waals surface area contributed by atoms with Crippen LogP contribution in [0.25, 0.3) is 11.4 Å². The van der Waals surface area contributed by atoms with E-state index in [4.69, 9.17) is 11.6 Å². The minimum atomic E-state index is -0.477. The van der Waals surface area contributed by atoms with Crippen molar-refractivity contribution in [3.63, 3.8) is 0 Å². The summed E-state index contributed by atoms with van der Waals surface area (Å²) < 4.78 is 3.34. The molecule has 2 heterocycles. The molecule has 0 aliphatic heterocycles. The quantitative estimate of drug-likeness (QED) is 0.399. The Kier molecular flexibility index (Phi) is 4.30. The van der Waals surface area contributed by atoms with Crippen molar-refractivity contribution in [2.24, 2.45) is 7.05 Å². The Hall–Kier alpha value is -2.39. The van der Waals surface area contributed by atoms with E-state index in [1.54, 1.807) is 12.1 Å². The van der Waals surface area contributed by atoms with Crippen molar-refractivity contribution in [3.8, 4) is 11.4 Å². The van der Waals surface area contributed by atoms with E-state index < -0.39 is 4.92 Å². The number of nitrogens with zero attached hydrogens (tertiary/aromatic N) is 6. The Bertz CT molecular complexity index is 845. The molecule has 23 heavy (non-hydrogen) atoms. The predicted octanol–water partition coefficient (Wildman–Crippen LogP) is 2.99. The summed E-state index contributed by atoms with van der Waals surface area (Å²) in [5.74, 6) is 1.12. The minimum absolute atomic E-state index is 0.0366. The summed E-state index contributed by atoms with van der Waals surface area (Å²) in [6, 6.07) is 7.33. The molecule has 3 aromatic rings. The number of aromatic nitrogens is 5. The Labute approximate surface area is 140 Å². The summed E-state index contributed by atoms with van der Waals surface area (Å²) in [4.78, 5) is 10.2. The molecule has 0 atom stereocenters. The molecule has 0 saturated carbocycles. The topological polar surface area (TPSA) is 91.7 Å². The lowest BCUT2D eigenvalue weighted by Crippen LogP contribution is -1.98. The van der Waals surface area contributed by atoms with Crippen LogP contribution in [-0.4, -0.2) is 29.5 Å². The minimum Gasteiger partial charge on any atom is -0.305 e. The van der Waals surface area contributed by atoms with E-state index in [1.807, 2.05) is 23.7 Å². The van der Waals surface area contributed by atoms with E-state index >= 15 is 0 Å². The van der Waals surface area contributed by atoms with Crippen LogP contribution in [0.1, 0.15) is 0 Å². The predicted molar refractivity (Wildman–Crippen MR) is 86.2 cm³/mol. The van der Waals surface area contributed by atoms with Crippen LogP contribution in [-0.2, 0) is 12.9 Å². The van der Waals surface area contributed by atoms with Crippen molar-refractivity contribution in [2.45, 2.75) is 11.0 Å². The highest BCUT2D eigenvalue weighted by Gasteiger charge is 2.13. The highest BCUT2D eigenvalue weighted by atomic mass is 35.5. The second-order valence-electron chi connectivity index (χ2n) is 4.64. The molecule has 0 unspecified atom stereocenters. The molecule has 0 aliphatic carbocycles. The van der Waals surface area contributed by atoms with Crippen molar-refractivity contribution in [1.82, 2.24) is 24.5 Å². The Morgan fingerprint density at radius 3 is 2.70 bits per heavy atom. The number of halogens is 1. The standard InChI is InChI=1S/C13H11ClN6O2S/c1-18-12(9-2-4-10(14)5-3-9)16-17-13(18)23-8-19-7-11(6-15-19)20(21)22/h2-7H,8H2,1H3. The van der Waals surface area contributed by atoms with Gasteiger partial charge in [-0.3, -0.25) is 14.8 Å². The van der Waals surface area contributed by atoms with Crippen molar-refractivity contribution in [2.75, 3.05) is 0 Å². The van der Waals surface area contributed by atoms with Crippen molar-refractivity contribution < 1.29 is 4.92 Å². The smallest absolute Gasteiger partial charge is 0.305 e. The maximum atomic E-state index is 10.6. The number of hydrogen-bond acceptors (Lipinski definition) is 6. The number of thioether (sulfide) groups is 1. The molecule has 118 valence electrons. The first-order chi connectivity index (χ1) is 11.0. The van der Waals surface area contributed by atoms with E-state index in [-0.39, 0.29) is 5.69 Å². The van der Waals surface area contributed by atoms with Crippen LogP contribution in [0, 0.1) is 10.1 Å². The summed E-state index contributed by atoms with van der Waals surface area (Å²) in [6.45, 7) is 0. The molecule has 0 fully saturated rings. The van der Waals surface area contributed by atoms with Crippen LogP contribution in [0.5, 0.6) is 0 Å². The van der Waals surface area contributed by atoms with Crippen LogP contribution >= 0.6 is 23.4 Å². The van der Waals surface area contributed by atoms with E-state index in [0.717, 1.165) is 11.4 Å². The molecule has 0 amide bonds. The maximum absolute atomic E-state index is 10.6. The monoisotopic (exact) mass is 350 g/mol. The van der Waals surface area contributed by atoms with Gasteiger partial charge in [0, 0.05) is 17.6 Å². The zero-order valence-corrected chi connectivity index (χ0v) is 13.5. The molecular weight excluding hydrogens is 340 g/mol. The lowest BCUT2D eigenvalue weighted by molar-refractivity contribution is -0.385. The van der Waals surface area contributed by atoms with Crippen LogP contribution in [0.2, 0.25) is 5.02 Å². The summed E-state index contributed by atoms with van der Waals surface area (Å²) >= 11 is 7.27. The highest BCUT2D eigenvalue weighted by Crippen LogP contribution is 2.24. The second kappa shape index (κ2) is 6.39. The molecule has 0 spiro atoms. The number of hydrogen-bond donors (Lipinski definition) is 0. The highest BCUT2D eigenvalue weighted by molar-refractivity contribution is 7.98. The average molecular weight is 351 g/mol. The molecule has 10 heteroatoms. The number of rotatable bonds is 5. The second-order valence-corrected chi connectivity index (χ2v) is 5.99. The molecule has 0 N–H and O–H groups in total. The Balaban J connectivity index is 1.74. The van der Waals surface area contributed by atoms with Gasteiger partial charge >= 0.3 is 5.69 Å². The third kappa shape index (κ3) is 3.35. The van der Waals surface area contributed by atoms with Gasteiger partial charge in [-0.15, -0.1) is 10.2 Å². The Morgan fingerprint density at radius 1 is 1.30 bits per heavy atom. The van der Waals surface area contributed by atoms with Crippen molar-refractivity contribution in [1.29, 1.82) is 0 Å². The number of benzene rings is 1. The largest absolute Gasteiger partial charge is 0.307 e. The first-order valence-corrected chi connectivity index (χ1v) is 7.86. The van der Waals surface area contributed by atoms with Crippen LogP contribution < -0.4 is 0 Å². The van der Waals surface area contributed by atoms with Crippen LogP contribution in [0.4, 0.5) is 5.69 Å². The molecule has 0 radical (unpaired) electrons. The first-order valence-electron chi connectivity index (χ1n) is 6.49. The average Bonchev–Trinajstić information content (AvgIpc) is 3.13. The van der Waals surface area contributed by atoms with Crippen LogP contribution in [0.15, 0.2) is 41.8 Å². The van der Waals surface area contributed by atoms with Gasteiger partial charge in [0.2, 0.25) is 0 Å². The molecule has 8 nitrogen and oxygen atoms in total. The van der Waals surface area contributed by atoms with Gasteiger partial charge in [0.15, 0.2) is 11.0 Å².